The van der Waals surface area contributed by atoms with E-state index >= 15 is 0 Å². The Balaban J connectivity index is 2.25. The van der Waals surface area contributed by atoms with Crippen LogP contribution in [0.15, 0.2) is 18.2 Å². The smallest absolute Gasteiger partial charge is 0.246 e. The summed E-state index contributed by atoms with van der Waals surface area (Å²) in [7, 11) is 0. The van der Waals surface area contributed by atoms with Crippen molar-refractivity contribution in [3.63, 3.8) is 0 Å². The van der Waals surface area contributed by atoms with Crippen LogP contribution in [0.1, 0.15) is 19.4 Å². The van der Waals surface area contributed by atoms with Crippen molar-refractivity contribution in [3.05, 3.63) is 28.8 Å². The molecule has 1 aliphatic heterocycles. The van der Waals surface area contributed by atoms with E-state index in [2.05, 4.69) is 24.5 Å². The van der Waals surface area contributed by atoms with E-state index in [4.69, 9.17) is 11.6 Å². The standard InChI is InChI=1S/C14H18ClN3O2/c1-9(2)16-6-10-5-11(15)3-4-12(10)18-7-13(19)17-14(20)8-18/h3-5,9,16H,6-8H2,1-2H3,(H,17,19,20). The summed E-state index contributed by atoms with van der Waals surface area (Å²) < 4.78 is 0. The van der Waals surface area contributed by atoms with Crippen LogP contribution >= 0.6 is 11.6 Å². The Morgan fingerprint density at radius 1 is 1.30 bits per heavy atom. The van der Waals surface area contributed by atoms with Gasteiger partial charge in [-0.1, -0.05) is 25.4 Å². The van der Waals surface area contributed by atoms with Crippen LogP contribution in [0.4, 0.5) is 5.69 Å². The van der Waals surface area contributed by atoms with Gasteiger partial charge in [-0.25, -0.2) is 0 Å². The van der Waals surface area contributed by atoms with E-state index in [0.717, 1.165) is 11.3 Å². The number of amides is 2. The van der Waals surface area contributed by atoms with Crippen LogP contribution in [-0.2, 0) is 16.1 Å². The zero-order valence-corrected chi connectivity index (χ0v) is 12.3. The summed E-state index contributed by atoms with van der Waals surface area (Å²) in [4.78, 5) is 24.7. The van der Waals surface area contributed by atoms with Crippen LogP contribution in [0.5, 0.6) is 0 Å². The minimum atomic E-state index is -0.279. The molecule has 0 atom stereocenters. The molecule has 1 fully saturated rings. The second-order valence-electron chi connectivity index (χ2n) is 5.14. The van der Waals surface area contributed by atoms with Crippen LogP contribution in [0.25, 0.3) is 0 Å². The van der Waals surface area contributed by atoms with Gasteiger partial charge in [0.15, 0.2) is 0 Å². The number of imide groups is 1. The van der Waals surface area contributed by atoms with Gasteiger partial charge in [0.1, 0.15) is 0 Å². The molecule has 2 N–H and O–H groups in total. The van der Waals surface area contributed by atoms with Gasteiger partial charge in [-0.15, -0.1) is 0 Å². The van der Waals surface area contributed by atoms with Crippen LogP contribution < -0.4 is 15.5 Å². The van der Waals surface area contributed by atoms with E-state index in [1.54, 1.807) is 11.0 Å². The summed E-state index contributed by atoms with van der Waals surface area (Å²) in [6.07, 6.45) is 0. The van der Waals surface area contributed by atoms with Gasteiger partial charge >= 0.3 is 0 Å². The molecule has 2 amide bonds. The highest BCUT2D eigenvalue weighted by atomic mass is 35.5. The Morgan fingerprint density at radius 3 is 2.55 bits per heavy atom. The Morgan fingerprint density at radius 2 is 1.95 bits per heavy atom. The van der Waals surface area contributed by atoms with Gasteiger partial charge in [0.2, 0.25) is 11.8 Å². The molecule has 5 nitrogen and oxygen atoms in total. The molecule has 1 saturated heterocycles. The lowest BCUT2D eigenvalue weighted by Gasteiger charge is -2.29. The number of hydrogen-bond donors (Lipinski definition) is 2. The summed E-state index contributed by atoms with van der Waals surface area (Å²) in [5.41, 5.74) is 1.85. The summed E-state index contributed by atoms with van der Waals surface area (Å²) >= 11 is 6.04. The summed E-state index contributed by atoms with van der Waals surface area (Å²) in [5.74, 6) is -0.557. The number of anilines is 1. The molecular formula is C14H18ClN3O2. The minimum absolute atomic E-state index is 0.183. The highest BCUT2D eigenvalue weighted by Gasteiger charge is 2.24. The van der Waals surface area contributed by atoms with Crippen LogP contribution in [0, 0.1) is 0 Å². The SMILES string of the molecule is CC(C)NCc1cc(Cl)ccc1N1CC(=O)NC(=O)C1. The van der Waals surface area contributed by atoms with Crippen LogP contribution in [-0.4, -0.2) is 30.9 Å². The van der Waals surface area contributed by atoms with Crippen molar-refractivity contribution in [1.29, 1.82) is 0 Å². The Labute approximate surface area is 123 Å². The van der Waals surface area contributed by atoms with E-state index in [1.165, 1.54) is 0 Å². The topological polar surface area (TPSA) is 61.4 Å². The fourth-order valence-electron chi connectivity index (χ4n) is 2.13. The normalized spacial score (nSPS) is 15.7. The summed E-state index contributed by atoms with van der Waals surface area (Å²) in [5, 5.41) is 6.26. The number of nitrogens with one attached hydrogen (secondary N) is 2. The maximum Gasteiger partial charge on any atom is 0.246 e. The highest BCUT2D eigenvalue weighted by molar-refractivity contribution is 6.30. The molecule has 6 heteroatoms. The molecule has 1 aromatic rings. The van der Waals surface area contributed by atoms with Crippen molar-refractivity contribution in [3.8, 4) is 0 Å². The van der Waals surface area contributed by atoms with Gasteiger partial charge < -0.3 is 10.2 Å². The zero-order chi connectivity index (χ0) is 14.7. The number of carbonyl (C=O) groups is 2. The second-order valence-corrected chi connectivity index (χ2v) is 5.57. The van der Waals surface area contributed by atoms with Crippen molar-refractivity contribution < 1.29 is 9.59 Å². The largest absolute Gasteiger partial charge is 0.353 e. The molecule has 0 bridgehead atoms. The zero-order valence-electron chi connectivity index (χ0n) is 11.6. The molecule has 1 aromatic carbocycles. The lowest BCUT2D eigenvalue weighted by atomic mass is 10.1. The fourth-order valence-corrected chi connectivity index (χ4v) is 2.32. The average Bonchev–Trinajstić information content (AvgIpc) is 2.35. The first-order chi connectivity index (χ1) is 9.45. The lowest BCUT2D eigenvalue weighted by Crippen LogP contribution is -2.51. The first kappa shape index (κ1) is 14.8. The van der Waals surface area contributed by atoms with Crippen LogP contribution in [0.2, 0.25) is 5.02 Å². The number of rotatable bonds is 4. The number of hydrogen-bond acceptors (Lipinski definition) is 4. The maximum atomic E-state index is 11.5. The molecule has 0 unspecified atom stereocenters. The Hall–Kier alpha value is -1.59. The number of benzene rings is 1. The maximum absolute atomic E-state index is 11.5. The number of carbonyl (C=O) groups excluding carboxylic acids is 2. The van der Waals surface area contributed by atoms with Gasteiger partial charge in [-0.05, 0) is 23.8 Å². The average molecular weight is 296 g/mol. The van der Waals surface area contributed by atoms with Crippen molar-refractivity contribution in [2.45, 2.75) is 26.4 Å². The van der Waals surface area contributed by atoms with E-state index in [1.807, 2.05) is 12.1 Å². The molecule has 0 radical (unpaired) electrons. The molecule has 2 rings (SSSR count). The predicted octanol–water partition coefficient (Wildman–Crippen LogP) is 1.30. The molecule has 1 heterocycles. The monoisotopic (exact) mass is 295 g/mol. The van der Waals surface area contributed by atoms with Gasteiger partial charge in [0.25, 0.3) is 0 Å². The summed E-state index contributed by atoms with van der Waals surface area (Å²) in [6.45, 7) is 5.12. The minimum Gasteiger partial charge on any atom is -0.353 e. The third-order valence-electron chi connectivity index (χ3n) is 3.03. The van der Waals surface area contributed by atoms with Gasteiger partial charge in [-0.2, -0.15) is 0 Å². The molecule has 1 aliphatic rings. The number of halogens is 1. The number of piperazine rings is 1. The third-order valence-corrected chi connectivity index (χ3v) is 3.27. The Kier molecular flexibility index (Phi) is 4.62. The number of nitrogens with zero attached hydrogens (tertiary/aromatic N) is 1. The van der Waals surface area contributed by atoms with E-state index < -0.39 is 0 Å². The lowest BCUT2D eigenvalue weighted by molar-refractivity contribution is -0.130. The molecule has 0 saturated carbocycles. The predicted molar refractivity (Wildman–Crippen MR) is 78.8 cm³/mol. The van der Waals surface area contributed by atoms with Crippen molar-refractivity contribution in [2.75, 3.05) is 18.0 Å². The van der Waals surface area contributed by atoms with Crippen LogP contribution in [0.3, 0.4) is 0 Å². The fraction of sp³-hybridized carbons (Fsp3) is 0.429. The van der Waals surface area contributed by atoms with Gasteiger partial charge in [0.05, 0.1) is 13.1 Å². The van der Waals surface area contributed by atoms with E-state index in [0.29, 0.717) is 17.6 Å². The van der Waals surface area contributed by atoms with Crippen molar-refractivity contribution in [1.82, 2.24) is 10.6 Å². The Bertz CT molecular complexity index is 515. The first-order valence-electron chi connectivity index (χ1n) is 6.55. The first-order valence-corrected chi connectivity index (χ1v) is 6.93. The second kappa shape index (κ2) is 6.24. The molecule has 0 aliphatic carbocycles. The molecule has 20 heavy (non-hydrogen) atoms. The third kappa shape index (κ3) is 3.71. The quantitative estimate of drug-likeness (QED) is 0.822. The molecular weight excluding hydrogens is 278 g/mol. The highest BCUT2D eigenvalue weighted by Crippen LogP contribution is 2.25. The molecule has 0 spiro atoms. The van der Waals surface area contributed by atoms with Crippen molar-refractivity contribution >= 4 is 29.1 Å². The van der Waals surface area contributed by atoms with Gasteiger partial charge in [0, 0.05) is 23.3 Å². The van der Waals surface area contributed by atoms with E-state index in [-0.39, 0.29) is 24.9 Å². The molecule has 0 aromatic heterocycles. The van der Waals surface area contributed by atoms with Crippen molar-refractivity contribution in [2.24, 2.45) is 0 Å². The molecule has 108 valence electrons. The van der Waals surface area contributed by atoms with Gasteiger partial charge in [-0.3, -0.25) is 14.9 Å². The van der Waals surface area contributed by atoms with E-state index in [9.17, 15) is 9.59 Å². The summed E-state index contributed by atoms with van der Waals surface area (Å²) in [6, 6.07) is 5.83.